The average Bonchev–Trinajstić information content (AvgIpc) is 3.00. The minimum Gasteiger partial charge on any atom is -0.493 e. The van der Waals surface area contributed by atoms with Crippen LogP contribution in [0.15, 0.2) is 60.7 Å². The second kappa shape index (κ2) is 10.7. The molecule has 0 unspecified atom stereocenters. The molecule has 0 fully saturated rings. The summed E-state index contributed by atoms with van der Waals surface area (Å²) in [5.74, 6) is 1.28. The van der Waals surface area contributed by atoms with Crippen molar-refractivity contribution in [3.63, 3.8) is 0 Å². The molecular formula is C27H27ClN2O5. The molecule has 0 saturated heterocycles. The second-order valence-corrected chi connectivity index (χ2v) is 8.62. The van der Waals surface area contributed by atoms with Gasteiger partial charge in [-0.25, -0.2) is 0 Å². The van der Waals surface area contributed by atoms with E-state index in [9.17, 15) is 9.59 Å². The lowest BCUT2D eigenvalue weighted by molar-refractivity contribution is -0.139. The third-order valence-corrected chi connectivity index (χ3v) is 6.09. The van der Waals surface area contributed by atoms with Crippen molar-refractivity contribution in [3.05, 3.63) is 82.4 Å². The molecule has 1 aliphatic rings. The summed E-state index contributed by atoms with van der Waals surface area (Å²) in [6.07, 6.45) is -0.0246. The summed E-state index contributed by atoms with van der Waals surface area (Å²) in [6, 6.07) is 17.8. The van der Waals surface area contributed by atoms with Gasteiger partial charge in [-0.3, -0.25) is 9.59 Å². The molecule has 2 amide bonds. The maximum absolute atomic E-state index is 13.2. The van der Waals surface area contributed by atoms with E-state index in [1.54, 1.807) is 42.3 Å². The van der Waals surface area contributed by atoms with E-state index >= 15 is 0 Å². The van der Waals surface area contributed by atoms with Gasteiger partial charge in [0.25, 0.3) is 11.8 Å². The first-order chi connectivity index (χ1) is 16.9. The second-order valence-electron chi connectivity index (χ2n) is 8.18. The van der Waals surface area contributed by atoms with Crippen LogP contribution in [-0.2, 0) is 17.9 Å². The molecule has 0 aliphatic carbocycles. The number of carbonyl (C=O) groups is 2. The molecule has 1 heterocycles. The Hall–Kier alpha value is -3.71. The van der Waals surface area contributed by atoms with Gasteiger partial charge in [0.1, 0.15) is 5.75 Å². The van der Waals surface area contributed by atoms with Crippen LogP contribution in [0.2, 0.25) is 5.02 Å². The van der Waals surface area contributed by atoms with E-state index in [0.717, 1.165) is 11.1 Å². The maximum Gasteiger partial charge on any atom is 0.264 e. The molecule has 3 aromatic rings. The Kier molecular flexibility index (Phi) is 7.46. The van der Waals surface area contributed by atoms with Gasteiger partial charge < -0.3 is 24.4 Å². The first kappa shape index (κ1) is 24.4. The van der Waals surface area contributed by atoms with Gasteiger partial charge in [-0.1, -0.05) is 30.7 Å². The van der Waals surface area contributed by atoms with Gasteiger partial charge in [-0.05, 0) is 60.5 Å². The zero-order valence-corrected chi connectivity index (χ0v) is 20.6. The fraction of sp³-hybridized carbons (Fsp3) is 0.259. The Bertz CT molecular complexity index is 1230. The van der Waals surface area contributed by atoms with E-state index in [4.69, 9.17) is 25.8 Å². The predicted molar refractivity (Wildman–Crippen MR) is 134 cm³/mol. The third-order valence-electron chi connectivity index (χ3n) is 5.84. The standard InChI is InChI=1S/C27H27ClN2O5/c1-4-22-27(32)30(15-17-5-8-20(28)9-6-17)16-19-13-21(10-12-23(19)35-22)29-26(31)18-7-11-24(33-2)25(14-18)34-3/h5-14,22H,4,15-16H2,1-3H3,(H,29,31)/t22-/m0/s1. The molecule has 35 heavy (non-hydrogen) atoms. The molecular weight excluding hydrogens is 468 g/mol. The molecule has 0 saturated carbocycles. The number of hydrogen-bond acceptors (Lipinski definition) is 5. The first-order valence-electron chi connectivity index (χ1n) is 11.3. The average molecular weight is 495 g/mol. The topological polar surface area (TPSA) is 77.1 Å². The normalized spacial score (nSPS) is 15.0. The number of nitrogens with one attached hydrogen (secondary N) is 1. The van der Waals surface area contributed by atoms with Gasteiger partial charge in [0.05, 0.1) is 14.2 Å². The molecule has 3 aromatic carbocycles. The van der Waals surface area contributed by atoms with E-state index in [2.05, 4.69) is 5.32 Å². The quantitative estimate of drug-likeness (QED) is 0.481. The lowest BCUT2D eigenvalue weighted by atomic mass is 10.1. The van der Waals surface area contributed by atoms with Crippen LogP contribution in [0.3, 0.4) is 0 Å². The summed E-state index contributed by atoms with van der Waals surface area (Å²) >= 11 is 6.01. The zero-order valence-electron chi connectivity index (χ0n) is 19.8. The minimum absolute atomic E-state index is 0.0745. The number of benzene rings is 3. The fourth-order valence-corrected chi connectivity index (χ4v) is 4.10. The Morgan fingerprint density at radius 1 is 1.06 bits per heavy atom. The number of anilines is 1. The van der Waals surface area contributed by atoms with Crippen molar-refractivity contribution in [2.75, 3.05) is 19.5 Å². The Balaban J connectivity index is 1.57. The number of halogens is 1. The minimum atomic E-state index is -0.573. The van der Waals surface area contributed by atoms with E-state index in [-0.39, 0.29) is 11.8 Å². The highest BCUT2D eigenvalue weighted by Gasteiger charge is 2.30. The van der Waals surface area contributed by atoms with Gasteiger partial charge >= 0.3 is 0 Å². The molecule has 1 atom stereocenters. The van der Waals surface area contributed by atoms with Gasteiger partial charge in [0.15, 0.2) is 17.6 Å². The Morgan fingerprint density at radius 3 is 2.49 bits per heavy atom. The highest BCUT2D eigenvalue weighted by Crippen LogP contribution is 2.31. The number of rotatable bonds is 7. The van der Waals surface area contributed by atoms with Crippen LogP contribution in [0.25, 0.3) is 0 Å². The van der Waals surface area contributed by atoms with Crippen LogP contribution in [0.4, 0.5) is 5.69 Å². The monoisotopic (exact) mass is 494 g/mol. The first-order valence-corrected chi connectivity index (χ1v) is 11.7. The number of fused-ring (bicyclic) bond motifs is 1. The number of nitrogens with zero attached hydrogens (tertiary/aromatic N) is 1. The Labute approximate surface area is 209 Å². The lowest BCUT2D eigenvalue weighted by Gasteiger charge is -2.23. The van der Waals surface area contributed by atoms with Gasteiger partial charge in [0.2, 0.25) is 0 Å². The summed E-state index contributed by atoms with van der Waals surface area (Å²) in [5, 5.41) is 3.56. The SMILES string of the molecule is CC[C@@H]1Oc2ccc(NC(=O)c3ccc(OC)c(OC)c3)cc2CN(Cc2ccc(Cl)cc2)C1=O. The van der Waals surface area contributed by atoms with Crippen LogP contribution in [0, 0.1) is 0 Å². The van der Waals surface area contributed by atoms with Crippen LogP contribution in [-0.4, -0.2) is 37.0 Å². The molecule has 182 valence electrons. The summed E-state index contributed by atoms with van der Waals surface area (Å²) in [7, 11) is 3.06. The summed E-state index contributed by atoms with van der Waals surface area (Å²) in [5.41, 5.74) is 2.81. The molecule has 0 aromatic heterocycles. The number of methoxy groups -OCH3 is 2. The van der Waals surface area contributed by atoms with Crippen molar-refractivity contribution in [1.29, 1.82) is 0 Å². The number of ether oxygens (including phenoxy) is 3. The zero-order chi connectivity index (χ0) is 24.9. The van der Waals surface area contributed by atoms with Crippen molar-refractivity contribution < 1.29 is 23.8 Å². The van der Waals surface area contributed by atoms with E-state index in [0.29, 0.717) is 53.0 Å². The molecule has 4 rings (SSSR count). The predicted octanol–water partition coefficient (Wildman–Crippen LogP) is 5.31. The molecule has 0 spiro atoms. The maximum atomic E-state index is 13.2. The van der Waals surface area contributed by atoms with Gasteiger partial charge in [0, 0.05) is 34.9 Å². The van der Waals surface area contributed by atoms with E-state index < -0.39 is 6.10 Å². The van der Waals surface area contributed by atoms with Crippen molar-refractivity contribution >= 4 is 29.1 Å². The van der Waals surface area contributed by atoms with Crippen LogP contribution in [0.1, 0.15) is 34.8 Å². The van der Waals surface area contributed by atoms with E-state index in [1.807, 2.05) is 37.3 Å². The van der Waals surface area contributed by atoms with Gasteiger partial charge in [-0.2, -0.15) is 0 Å². The smallest absolute Gasteiger partial charge is 0.264 e. The highest BCUT2D eigenvalue weighted by molar-refractivity contribution is 6.30. The van der Waals surface area contributed by atoms with Crippen molar-refractivity contribution in [1.82, 2.24) is 4.90 Å². The largest absolute Gasteiger partial charge is 0.493 e. The summed E-state index contributed by atoms with van der Waals surface area (Å²) in [6.45, 7) is 2.71. The van der Waals surface area contributed by atoms with Gasteiger partial charge in [-0.15, -0.1) is 0 Å². The molecule has 0 bridgehead atoms. The molecule has 8 heteroatoms. The number of amides is 2. The summed E-state index contributed by atoms with van der Waals surface area (Å²) in [4.78, 5) is 27.8. The molecule has 7 nitrogen and oxygen atoms in total. The fourth-order valence-electron chi connectivity index (χ4n) is 3.97. The molecule has 1 aliphatic heterocycles. The number of hydrogen-bond donors (Lipinski definition) is 1. The molecule has 1 N–H and O–H groups in total. The lowest BCUT2D eigenvalue weighted by Crippen LogP contribution is -2.38. The van der Waals surface area contributed by atoms with Crippen molar-refractivity contribution in [2.45, 2.75) is 32.5 Å². The van der Waals surface area contributed by atoms with E-state index in [1.165, 1.54) is 7.11 Å². The van der Waals surface area contributed by atoms with Crippen LogP contribution < -0.4 is 19.5 Å². The molecule has 0 radical (unpaired) electrons. The van der Waals surface area contributed by atoms with Crippen molar-refractivity contribution in [2.24, 2.45) is 0 Å². The van der Waals surface area contributed by atoms with Crippen LogP contribution in [0.5, 0.6) is 17.2 Å². The van der Waals surface area contributed by atoms with Crippen molar-refractivity contribution in [3.8, 4) is 17.2 Å². The Morgan fingerprint density at radius 2 is 1.80 bits per heavy atom. The summed E-state index contributed by atoms with van der Waals surface area (Å²) < 4.78 is 16.6. The number of carbonyl (C=O) groups excluding carboxylic acids is 2. The highest BCUT2D eigenvalue weighted by atomic mass is 35.5. The third kappa shape index (κ3) is 5.52. The van der Waals surface area contributed by atoms with Crippen LogP contribution >= 0.6 is 11.6 Å².